The number of fused-ring (bicyclic) bond motifs is 1. The minimum absolute atomic E-state index is 0.0651. The quantitative estimate of drug-likeness (QED) is 0.149. The molecule has 0 saturated heterocycles. The Labute approximate surface area is 192 Å². The molecule has 11 heteroatoms. The molecule has 4 aromatic rings. The number of hydrogen-bond donors (Lipinski definition) is 4. The number of rotatable bonds is 5. The van der Waals surface area contributed by atoms with Crippen LogP contribution in [0.1, 0.15) is 11.3 Å². The second-order valence-electron chi connectivity index (χ2n) is 6.79. The van der Waals surface area contributed by atoms with Crippen molar-refractivity contribution in [1.82, 2.24) is 20.1 Å². The number of imidazole rings is 1. The van der Waals surface area contributed by atoms with Crippen molar-refractivity contribution < 1.29 is 9.60 Å². The number of hydrogen-bond acceptors (Lipinski definition) is 6. The summed E-state index contributed by atoms with van der Waals surface area (Å²) in [5.41, 5.74) is 4.86. The van der Waals surface area contributed by atoms with Gasteiger partial charge in [-0.1, -0.05) is 35.3 Å². The molecule has 0 bridgehead atoms. The lowest BCUT2D eigenvalue weighted by atomic mass is 9.99. The average molecular weight is 474 g/mol. The zero-order valence-corrected chi connectivity index (χ0v) is 18.3. The van der Waals surface area contributed by atoms with Crippen LogP contribution in [-0.2, 0) is 6.54 Å². The first-order chi connectivity index (χ1) is 15.4. The number of anilines is 1. The van der Waals surface area contributed by atoms with E-state index >= 15 is 0 Å². The van der Waals surface area contributed by atoms with Gasteiger partial charge in [-0.3, -0.25) is 20.7 Å². The number of benzene rings is 2. The van der Waals surface area contributed by atoms with Crippen molar-refractivity contribution in [3.63, 3.8) is 0 Å². The van der Waals surface area contributed by atoms with Gasteiger partial charge in [0.15, 0.2) is 5.84 Å². The smallest absolute Gasteiger partial charge is 0.223 e. The average Bonchev–Trinajstić information content (AvgIpc) is 3.10. The van der Waals surface area contributed by atoms with Gasteiger partial charge in [0.2, 0.25) is 5.95 Å². The Balaban J connectivity index is 1.65. The Bertz CT molecular complexity index is 1340. The first-order valence-electron chi connectivity index (χ1n) is 9.40. The molecule has 4 rings (SSSR count). The second-order valence-corrected chi connectivity index (χ2v) is 7.64. The SMILES string of the molecule is CN=C(NO)c1c(Cl)cc(Cl)cc1-c1cnc(CNc2nc3ccccc3n2N)c(F)c1. The monoisotopic (exact) mass is 473 g/mol. The fraction of sp³-hybridized carbons (Fsp3) is 0.0952. The predicted molar refractivity (Wildman–Crippen MR) is 124 cm³/mol. The van der Waals surface area contributed by atoms with Crippen molar-refractivity contribution in [3.8, 4) is 11.1 Å². The van der Waals surface area contributed by atoms with Crippen molar-refractivity contribution in [2.75, 3.05) is 18.2 Å². The van der Waals surface area contributed by atoms with Crippen molar-refractivity contribution in [1.29, 1.82) is 0 Å². The van der Waals surface area contributed by atoms with Crippen LogP contribution in [-0.4, -0.2) is 32.7 Å². The summed E-state index contributed by atoms with van der Waals surface area (Å²) in [4.78, 5) is 12.6. The number of nitrogens with zero attached hydrogens (tertiary/aromatic N) is 4. The number of nitrogens with two attached hydrogens (primary N) is 1. The van der Waals surface area contributed by atoms with Gasteiger partial charge < -0.3 is 11.2 Å². The predicted octanol–water partition coefficient (Wildman–Crippen LogP) is 4.23. The van der Waals surface area contributed by atoms with E-state index in [9.17, 15) is 9.60 Å². The molecule has 0 fully saturated rings. The zero-order chi connectivity index (χ0) is 22.8. The van der Waals surface area contributed by atoms with Crippen LogP contribution in [0.3, 0.4) is 0 Å². The highest BCUT2D eigenvalue weighted by Gasteiger charge is 2.18. The van der Waals surface area contributed by atoms with Gasteiger partial charge in [0.1, 0.15) is 5.82 Å². The van der Waals surface area contributed by atoms with E-state index in [1.807, 2.05) is 29.7 Å². The third-order valence-electron chi connectivity index (χ3n) is 4.86. The molecular formula is C21H18Cl2FN7O. The molecule has 0 aliphatic carbocycles. The summed E-state index contributed by atoms with van der Waals surface area (Å²) < 4.78 is 16.3. The molecule has 0 saturated carbocycles. The molecule has 8 nitrogen and oxygen atoms in total. The van der Waals surface area contributed by atoms with Gasteiger partial charge in [0, 0.05) is 29.4 Å². The minimum atomic E-state index is -0.552. The van der Waals surface area contributed by atoms with Gasteiger partial charge in [0.05, 0.1) is 28.3 Å². The van der Waals surface area contributed by atoms with Crippen LogP contribution in [0.4, 0.5) is 10.3 Å². The third kappa shape index (κ3) is 4.05. The summed E-state index contributed by atoms with van der Waals surface area (Å²) in [6.07, 6.45) is 1.49. The summed E-state index contributed by atoms with van der Waals surface area (Å²) in [5.74, 6) is 6.00. The Morgan fingerprint density at radius 1 is 1.25 bits per heavy atom. The molecule has 5 N–H and O–H groups in total. The highest BCUT2D eigenvalue weighted by molar-refractivity contribution is 6.38. The van der Waals surface area contributed by atoms with Gasteiger partial charge in [-0.15, -0.1) is 0 Å². The Hall–Kier alpha value is -3.40. The Kier molecular flexibility index (Phi) is 6.13. The molecule has 0 aliphatic heterocycles. The van der Waals surface area contributed by atoms with Crippen LogP contribution in [0.5, 0.6) is 0 Å². The van der Waals surface area contributed by atoms with E-state index < -0.39 is 5.82 Å². The number of nitrogen functional groups attached to an aromatic ring is 1. The van der Waals surface area contributed by atoms with Gasteiger partial charge in [0.25, 0.3) is 0 Å². The molecule has 0 unspecified atom stereocenters. The van der Waals surface area contributed by atoms with Crippen LogP contribution >= 0.6 is 23.2 Å². The summed E-state index contributed by atoms with van der Waals surface area (Å²) in [6, 6.07) is 11.8. The molecule has 2 heterocycles. The number of para-hydroxylation sites is 2. The van der Waals surface area contributed by atoms with Crippen LogP contribution in [0, 0.1) is 5.82 Å². The van der Waals surface area contributed by atoms with Crippen LogP contribution in [0.15, 0.2) is 53.7 Å². The van der Waals surface area contributed by atoms with Crippen LogP contribution in [0.25, 0.3) is 22.2 Å². The van der Waals surface area contributed by atoms with E-state index in [1.54, 1.807) is 6.07 Å². The number of amidine groups is 1. The Morgan fingerprint density at radius 3 is 2.72 bits per heavy atom. The number of hydroxylamine groups is 1. The summed E-state index contributed by atoms with van der Waals surface area (Å²) >= 11 is 12.5. The fourth-order valence-electron chi connectivity index (χ4n) is 3.34. The van der Waals surface area contributed by atoms with Crippen molar-refractivity contribution in [2.24, 2.45) is 4.99 Å². The number of aliphatic imine (C=N–C) groups is 1. The van der Waals surface area contributed by atoms with Gasteiger partial charge >= 0.3 is 0 Å². The van der Waals surface area contributed by atoms with E-state index in [2.05, 4.69) is 20.3 Å². The number of aromatic nitrogens is 3. The minimum Gasteiger partial charge on any atom is -0.348 e. The molecule has 32 heavy (non-hydrogen) atoms. The largest absolute Gasteiger partial charge is 0.348 e. The molecule has 0 radical (unpaired) electrons. The van der Waals surface area contributed by atoms with Crippen molar-refractivity contribution >= 4 is 46.0 Å². The molecule has 0 spiro atoms. The topological polar surface area (TPSA) is 113 Å². The maximum Gasteiger partial charge on any atom is 0.223 e. The van der Waals surface area contributed by atoms with Crippen LogP contribution in [0.2, 0.25) is 10.0 Å². The Morgan fingerprint density at radius 2 is 2.03 bits per heavy atom. The molecule has 0 atom stereocenters. The van der Waals surface area contributed by atoms with Gasteiger partial charge in [-0.2, -0.15) is 0 Å². The second kappa shape index (κ2) is 8.99. The maximum atomic E-state index is 14.9. The normalized spacial score (nSPS) is 11.7. The van der Waals surface area contributed by atoms with Crippen molar-refractivity contribution in [3.05, 3.63) is 75.8 Å². The van der Waals surface area contributed by atoms with Crippen molar-refractivity contribution in [2.45, 2.75) is 6.54 Å². The summed E-state index contributed by atoms with van der Waals surface area (Å²) in [5, 5.41) is 13.0. The molecule has 2 aromatic heterocycles. The molecule has 0 amide bonds. The lowest BCUT2D eigenvalue weighted by Gasteiger charge is -2.14. The van der Waals surface area contributed by atoms with E-state index in [1.165, 1.54) is 30.1 Å². The summed E-state index contributed by atoms with van der Waals surface area (Å²) in [7, 11) is 1.48. The third-order valence-corrected chi connectivity index (χ3v) is 5.38. The molecule has 164 valence electrons. The van der Waals surface area contributed by atoms with E-state index in [-0.39, 0.29) is 23.1 Å². The fourth-order valence-corrected chi connectivity index (χ4v) is 3.92. The van der Waals surface area contributed by atoms with Crippen LogP contribution < -0.4 is 16.6 Å². The lowest BCUT2D eigenvalue weighted by molar-refractivity contribution is 0.235. The van der Waals surface area contributed by atoms with E-state index in [0.29, 0.717) is 27.7 Å². The standard InChI is InChI=1S/C21H18Cl2FN7O/c1-26-20(30-32)19-13(7-12(22)8-14(19)23)11-6-15(24)17(27-9-11)10-28-21-29-16-4-2-3-5-18(16)31(21)25/h2-9,32H,10,25H2,1H3,(H,26,30)(H,28,29). The number of pyridine rings is 1. The number of halogens is 3. The van der Waals surface area contributed by atoms with E-state index in [0.717, 1.165) is 11.0 Å². The first kappa shape index (κ1) is 21.8. The summed E-state index contributed by atoms with van der Waals surface area (Å²) in [6.45, 7) is 0.0651. The lowest BCUT2D eigenvalue weighted by Crippen LogP contribution is -2.21. The number of nitrogens with one attached hydrogen (secondary N) is 2. The van der Waals surface area contributed by atoms with Gasteiger partial charge in [-0.05, 0) is 35.9 Å². The molecule has 0 aliphatic rings. The van der Waals surface area contributed by atoms with E-state index in [4.69, 9.17) is 29.0 Å². The van der Waals surface area contributed by atoms with Gasteiger partial charge in [-0.25, -0.2) is 14.1 Å². The maximum absolute atomic E-state index is 14.9. The molecule has 2 aromatic carbocycles. The zero-order valence-electron chi connectivity index (χ0n) is 16.8. The highest BCUT2D eigenvalue weighted by Crippen LogP contribution is 2.33. The highest BCUT2D eigenvalue weighted by atomic mass is 35.5. The molecular weight excluding hydrogens is 456 g/mol. The first-order valence-corrected chi connectivity index (χ1v) is 10.2.